The second kappa shape index (κ2) is 31.3. The molecule has 10 rings (SSSR count). The fraction of sp³-hybridized carbons (Fsp3) is 0.321. The van der Waals surface area contributed by atoms with E-state index >= 15 is 0 Å². The predicted octanol–water partition coefficient (Wildman–Crippen LogP) is 17.9. The van der Waals surface area contributed by atoms with Crippen molar-refractivity contribution in [2.75, 3.05) is 0 Å². The van der Waals surface area contributed by atoms with E-state index in [0.29, 0.717) is 17.4 Å². The highest BCUT2D eigenvalue weighted by molar-refractivity contribution is 5.65. The monoisotopic (exact) mass is 1150 g/mol. The second-order valence-corrected chi connectivity index (χ2v) is 23.6. The van der Waals surface area contributed by atoms with Crippen molar-refractivity contribution < 1.29 is 36.5 Å². The molecule has 0 aliphatic carbocycles. The van der Waals surface area contributed by atoms with Crippen molar-refractivity contribution in [3.05, 3.63) is 268 Å². The Bertz CT molecular complexity index is 4310. The van der Waals surface area contributed by atoms with Gasteiger partial charge in [0.05, 0.1) is 0 Å². The molecular weight excluding hydrogens is 1040 g/mol. The van der Waals surface area contributed by atoms with Gasteiger partial charge in [0, 0.05) is 101 Å². The molecule has 0 bridgehead atoms. The van der Waals surface area contributed by atoms with Crippen LogP contribution in [0.1, 0.15) is 153 Å². The van der Waals surface area contributed by atoms with Crippen molar-refractivity contribution in [3.8, 4) is 56.3 Å². The van der Waals surface area contributed by atoms with Gasteiger partial charge in [-0.3, -0.25) is 0 Å². The fourth-order valence-corrected chi connectivity index (χ4v) is 10.9. The van der Waals surface area contributed by atoms with Crippen molar-refractivity contribution >= 4 is 0 Å². The Morgan fingerprint density at radius 1 is 0.360 bits per heavy atom. The zero-order valence-electron chi connectivity index (χ0n) is 64.9. The van der Waals surface area contributed by atoms with Crippen molar-refractivity contribution in [1.82, 2.24) is 0 Å². The maximum absolute atomic E-state index is 8.25. The number of benzene rings is 5. The first-order chi connectivity index (χ1) is 44.7. The lowest BCUT2D eigenvalue weighted by molar-refractivity contribution is -0.661. The first-order valence-corrected chi connectivity index (χ1v) is 30.0. The molecule has 2 atom stereocenters. The molecule has 5 aromatic carbocycles. The van der Waals surface area contributed by atoms with Crippen molar-refractivity contribution in [3.63, 3.8) is 0 Å². The molecule has 0 amide bonds. The van der Waals surface area contributed by atoms with Gasteiger partial charge < -0.3 is 0 Å². The summed E-state index contributed by atoms with van der Waals surface area (Å²) >= 11 is 0. The summed E-state index contributed by atoms with van der Waals surface area (Å²) in [6.07, 6.45) is 8.17. The molecule has 0 radical (unpaired) electrons. The highest BCUT2D eigenvalue weighted by Crippen LogP contribution is 2.29. The van der Waals surface area contributed by atoms with Crippen LogP contribution >= 0.6 is 0 Å². The minimum Gasteiger partial charge on any atom is -0.201 e. The SMILES string of the molecule is Cc1ccc(C)c(-c2cccc[n+]2C)c1.Cc1ccccc1-c1cc(C(C)C)c(C)c[n+]1C.Cc1ccccc1-c1cc(C)c(C(C)C)c[n+]1C.[2H]C([2H])([2H])C([2H])(C)C([2H])([2H])c1ccc(-c2cccc[n+]2C)c(C)c1.[2H]C([2H])([2H])C([2H])(C)c1ccc(-c2cccc[n+]2C)c(C)c1. The van der Waals surface area contributed by atoms with E-state index in [9.17, 15) is 0 Å². The Hall–Kier alpha value is -8.15. The number of aromatic nitrogens is 5. The molecule has 86 heavy (non-hydrogen) atoms. The molecule has 0 aliphatic heterocycles. The van der Waals surface area contributed by atoms with Crippen LogP contribution in [-0.2, 0) is 41.6 Å². The average molecular weight is 1160 g/mol. The van der Waals surface area contributed by atoms with Gasteiger partial charge in [0.15, 0.2) is 31.0 Å². The van der Waals surface area contributed by atoms with Crippen LogP contribution in [-0.4, -0.2) is 0 Å². The maximum Gasteiger partial charge on any atom is 0.212 e. The lowest BCUT2D eigenvalue weighted by Crippen LogP contribution is -2.32. The highest BCUT2D eigenvalue weighted by Gasteiger charge is 2.20. The molecule has 0 N–H and O–H groups in total. The van der Waals surface area contributed by atoms with Gasteiger partial charge in [0.1, 0.15) is 35.2 Å². The second-order valence-electron chi connectivity index (χ2n) is 23.6. The zero-order chi connectivity index (χ0) is 71.6. The fourth-order valence-electron chi connectivity index (χ4n) is 10.9. The Morgan fingerprint density at radius 3 is 1.29 bits per heavy atom. The van der Waals surface area contributed by atoms with E-state index in [0.717, 1.165) is 40.6 Å². The third kappa shape index (κ3) is 18.0. The van der Waals surface area contributed by atoms with Crippen LogP contribution in [0.25, 0.3) is 56.3 Å². The molecule has 0 saturated heterocycles. The quantitative estimate of drug-likeness (QED) is 0.122. The number of rotatable bonds is 10. The van der Waals surface area contributed by atoms with Crippen molar-refractivity contribution in [2.24, 2.45) is 41.1 Å². The third-order valence-electron chi connectivity index (χ3n) is 15.7. The summed E-state index contributed by atoms with van der Waals surface area (Å²) in [5, 5.41) is 0. The third-order valence-corrected chi connectivity index (χ3v) is 15.7. The Labute approximate surface area is 534 Å². The van der Waals surface area contributed by atoms with Gasteiger partial charge in [-0.2, -0.15) is 0 Å². The summed E-state index contributed by atoms with van der Waals surface area (Å²) in [7, 11) is 10.2. The first kappa shape index (κ1) is 53.3. The molecule has 10 aromatic rings. The van der Waals surface area contributed by atoms with Crippen LogP contribution < -0.4 is 22.8 Å². The van der Waals surface area contributed by atoms with Crippen LogP contribution in [0.15, 0.2) is 201 Å². The normalized spacial score (nSPS) is 14.4. The highest BCUT2D eigenvalue weighted by atomic mass is 14.9. The summed E-state index contributed by atoms with van der Waals surface area (Å²) in [6.45, 7) is 23.3. The molecule has 5 heteroatoms. The predicted molar refractivity (Wildman–Crippen MR) is 364 cm³/mol. The van der Waals surface area contributed by atoms with Gasteiger partial charge in [-0.05, 0) is 184 Å². The van der Waals surface area contributed by atoms with Gasteiger partial charge in [-0.25, -0.2) is 22.8 Å². The van der Waals surface area contributed by atoms with E-state index in [1.54, 1.807) is 24.3 Å². The van der Waals surface area contributed by atoms with Crippen LogP contribution in [0.3, 0.4) is 0 Å². The molecule has 5 heterocycles. The molecule has 446 valence electrons. The van der Waals surface area contributed by atoms with E-state index in [1.165, 1.54) is 85.2 Å². The molecule has 2 unspecified atom stereocenters. The Balaban J connectivity index is 0.000000191. The number of nitrogens with zero attached hydrogens (tertiary/aromatic N) is 5. The molecule has 5 nitrogen and oxygen atoms in total. The number of aryl methyl sites for hydroxylation is 13. The smallest absolute Gasteiger partial charge is 0.201 e. The Kier molecular flexibility index (Phi) is 19.4. The van der Waals surface area contributed by atoms with Gasteiger partial charge in [0.2, 0.25) is 28.5 Å². The number of hydrogen-bond donors (Lipinski definition) is 0. The minimum atomic E-state index is -2.73. The van der Waals surface area contributed by atoms with E-state index in [4.69, 9.17) is 13.7 Å². The standard InChI is InChI=1S/3C17H22N.C16H20N.C14H16N/c1-12(2)16-10-17(18(5)11-14(16)4)15-9-7-6-8-13(15)3;1-12(2)16-11-18(5)17(10-14(16)4)15-9-7-6-8-13(15)3;1-13(2)11-15-8-9-16(14(3)12-15)17-7-5-6-10-18(17)4;1-12(2)14-8-9-15(13(3)11-14)16-7-5-6-10-17(16)4;1-11-7-8-12(2)13(10-11)14-6-4-5-9-15(14)3/h2*6-12H,1-5H3;5-10,12-13H,11H2,1-4H3;5-12H,1-4H3;4-10H,1-3H3/q5*+1/i;;1D3,11D2,13D;1D3,12D;. The average Bonchev–Trinajstić information content (AvgIpc) is 0.756. The van der Waals surface area contributed by atoms with E-state index in [1.807, 2.05) is 98.0 Å². The zero-order valence-corrected chi connectivity index (χ0v) is 54.9. The van der Waals surface area contributed by atoms with E-state index in [-0.39, 0.29) is 5.56 Å². The molecular formula is C81H102N5+5. The Morgan fingerprint density at radius 2 is 0.814 bits per heavy atom. The van der Waals surface area contributed by atoms with Crippen molar-refractivity contribution in [2.45, 2.75) is 135 Å². The summed E-state index contributed by atoms with van der Waals surface area (Å²) < 4.78 is 88.5. The van der Waals surface area contributed by atoms with Gasteiger partial charge >= 0.3 is 0 Å². The molecule has 0 saturated carbocycles. The van der Waals surface area contributed by atoms with Crippen molar-refractivity contribution in [1.29, 1.82) is 0 Å². The van der Waals surface area contributed by atoms with Gasteiger partial charge in [-0.15, -0.1) is 0 Å². The molecule has 0 spiro atoms. The lowest BCUT2D eigenvalue weighted by Gasteiger charge is -2.11. The van der Waals surface area contributed by atoms with E-state index in [2.05, 4.69) is 220 Å². The number of pyridine rings is 5. The van der Waals surface area contributed by atoms with E-state index < -0.39 is 31.9 Å². The van der Waals surface area contributed by atoms with Crippen LogP contribution in [0.4, 0.5) is 0 Å². The first-order valence-electron chi connectivity index (χ1n) is 35.0. The maximum atomic E-state index is 8.25. The molecule has 5 aromatic heterocycles. The van der Waals surface area contributed by atoms with Crippen LogP contribution in [0.2, 0.25) is 0 Å². The molecule has 0 aliphatic rings. The largest absolute Gasteiger partial charge is 0.212 e. The minimum absolute atomic E-state index is 0.205. The topological polar surface area (TPSA) is 19.4 Å². The molecule has 0 fully saturated rings. The van der Waals surface area contributed by atoms with Gasteiger partial charge in [0.25, 0.3) is 0 Å². The van der Waals surface area contributed by atoms with Crippen LogP contribution in [0, 0.1) is 61.3 Å². The summed E-state index contributed by atoms with van der Waals surface area (Å²) in [5.74, 6) is -2.71. The summed E-state index contributed by atoms with van der Waals surface area (Å²) in [6, 6.07) is 56.9. The summed E-state index contributed by atoms with van der Waals surface area (Å²) in [5.41, 5.74) is 25.2. The van der Waals surface area contributed by atoms with Crippen LogP contribution in [0.5, 0.6) is 0 Å². The lowest BCUT2D eigenvalue weighted by atomic mass is 9.96. The number of hydrogen-bond acceptors (Lipinski definition) is 0. The summed E-state index contributed by atoms with van der Waals surface area (Å²) in [4.78, 5) is 0. The van der Waals surface area contributed by atoms with Gasteiger partial charge in [-0.1, -0.05) is 134 Å².